The molecule has 0 fully saturated rings. The summed E-state index contributed by atoms with van der Waals surface area (Å²) < 4.78 is 6.25. The second-order valence-corrected chi connectivity index (χ2v) is 7.91. The molecule has 0 aliphatic carbocycles. The molecule has 166 valence electrons. The number of nitrogens with zero attached hydrogens (tertiary/aromatic N) is 1. The number of aliphatic carboxylic acids is 1. The van der Waals surface area contributed by atoms with Gasteiger partial charge in [0.25, 0.3) is 0 Å². The van der Waals surface area contributed by atoms with Crippen molar-refractivity contribution in [3.05, 3.63) is 81.2 Å². The second-order valence-electron chi connectivity index (χ2n) is 7.91. The largest absolute Gasteiger partial charge is 0.481 e. The van der Waals surface area contributed by atoms with Crippen molar-refractivity contribution >= 4 is 16.9 Å². The third-order valence-corrected chi connectivity index (χ3v) is 5.46. The van der Waals surface area contributed by atoms with Crippen LogP contribution in [0.1, 0.15) is 48.3 Å². The number of carbonyl (C=O) groups is 1. The van der Waals surface area contributed by atoms with Crippen LogP contribution in [0.5, 0.6) is 0 Å². The van der Waals surface area contributed by atoms with Crippen molar-refractivity contribution in [1.82, 2.24) is 5.32 Å². The molecular formula is C25H27N3O4. The van der Waals surface area contributed by atoms with Crippen molar-refractivity contribution < 1.29 is 14.3 Å². The zero-order chi connectivity index (χ0) is 23.1. The van der Waals surface area contributed by atoms with Crippen LogP contribution in [0.2, 0.25) is 0 Å². The summed E-state index contributed by atoms with van der Waals surface area (Å²) in [5, 5.41) is 22.4. The zero-order valence-corrected chi connectivity index (χ0v) is 18.0. The van der Waals surface area contributed by atoms with Crippen molar-refractivity contribution in [2.24, 2.45) is 11.7 Å². The van der Waals surface area contributed by atoms with E-state index < -0.39 is 12.0 Å². The molecule has 7 nitrogen and oxygen atoms in total. The molecule has 0 aliphatic heterocycles. The molecule has 0 saturated heterocycles. The highest BCUT2D eigenvalue weighted by Gasteiger charge is 2.28. The van der Waals surface area contributed by atoms with Gasteiger partial charge in [0.05, 0.1) is 23.1 Å². The number of rotatable bonds is 10. The van der Waals surface area contributed by atoms with Crippen LogP contribution in [0.15, 0.2) is 57.7 Å². The normalized spacial score (nSPS) is 12.9. The molecule has 0 spiro atoms. The number of carboxylic acid groups (broad SMARTS) is 1. The first-order valence-corrected chi connectivity index (χ1v) is 10.6. The molecule has 0 saturated carbocycles. The Morgan fingerprint density at radius 1 is 1.25 bits per heavy atom. The topological polar surface area (TPSA) is 129 Å². The summed E-state index contributed by atoms with van der Waals surface area (Å²) in [4.78, 5) is 25.0. The van der Waals surface area contributed by atoms with Crippen LogP contribution in [-0.2, 0) is 11.2 Å². The van der Waals surface area contributed by atoms with E-state index in [2.05, 4.69) is 11.4 Å². The number of nitrogens with one attached hydrogen (secondary N) is 1. The molecule has 7 heteroatoms. The van der Waals surface area contributed by atoms with Gasteiger partial charge in [-0.15, -0.1) is 0 Å². The van der Waals surface area contributed by atoms with Gasteiger partial charge in [0.1, 0.15) is 11.3 Å². The Balaban J connectivity index is 2.20. The van der Waals surface area contributed by atoms with E-state index in [9.17, 15) is 20.0 Å². The van der Waals surface area contributed by atoms with Crippen LogP contribution >= 0.6 is 0 Å². The SMILES string of the molecule is CC(CC(=O)O)[C@@H](NCCCN)c1oc2cc(C#N)ccc2c(=O)c1Cc1ccccc1. The van der Waals surface area contributed by atoms with E-state index in [-0.39, 0.29) is 17.8 Å². The Bertz CT molecular complexity index is 1180. The zero-order valence-electron chi connectivity index (χ0n) is 18.0. The van der Waals surface area contributed by atoms with E-state index in [4.69, 9.17) is 10.2 Å². The predicted octanol–water partition coefficient (Wildman–Crippen LogP) is 3.35. The van der Waals surface area contributed by atoms with E-state index in [1.54, 1.807) is 18.2 Å². The van der Waals surface area contributed by atoms with Crippen LogP contribution in [-0.4, -0.2) is 24.2 Å². The third-order valence-electron chi connectivity index (χ3n) is 5.46. The van der Waals surface area contributed by atoms with Crippen molar-refractivity contribution in [2.75, 3.05) is 13.1 Å². The second kappa shape index (κ2) is 10.7. The van der Waals surface area contributed by atoms with Crippen molar-refractivity contribution in [1.29, 1.82) is 5.26 Å². The minimum atomic E-state index is -0.928. The number of fused-ring (bicyclic) bond motifs is 1. The predicted molar refractivity (Wildman–Crippen MR) is 122 cm³/mol. The molecule has 4 N–H and O–H groups in total. The third kappa shape index (κ3) is 5.41. The van der Waals surface area contributed by atoms with Crippen LogP contribution in [0, 0.1) is 17.2 Å². The number of nitrogens with two attached hydrogens (primary N) is 1. The molecule has 1 aromatic heterocycles. The number of nitriles is 1. The van der Waals surface area contributed by atoms with Crippen molar-refractivity contribution in [3.63, 3.8) is 0 Å². The molecule has 2 atom stereocenters. The highest BCUT2D eigenvalue weighted by Crippen LogP contribution is 2.30. The Labute approximate surface area is 186 Å². The van der Waals surface area contributed by atoms with Crippen LogP contribution in [0.3, 0.4) is 0 Å². The van der Waals surface area contributed by atoms with Crippen LogP contribution in [0.4, 0.5) is 0 Å². The van der Waals surface area contributed by atoms with Gasteiger partial charge in [0, 0.05) is 18.4 Å². The fourth-order valence-corrected chi connectivity index (χ4v) is 3.84. The van der Waals surface area contributed by atoms with Crippen molar-refractivity contribution in [2.45, 2.75) is 32.2 Å². The molecule has 2 aromatic carbocycles. The lowest BCUT2D eigenvalue weighted by atomic mass is 9.90. The lowest BCUT2D eigenvalue weighted by Crippen LogP contribution is -2.32. The van der Waals surface area contributed by atoms with Gasteiger partial charge < -0.3 is 20.6 Å². The highest BCUT2D eigenvalue weighted by molar-refractivity contribution is 5.79. The van der Waals surface area contributed by atoms with Gasteiger partial charge in [0.2, 0.25) is 0 Å². The van der Waals surface area contributed by atoms with Gasteiger partial charge in [-0.3, -0.25) is 9.59 Å². The van der Waals surface area contributed by atoms with E-state index >= 15 is 0 Å². The quantitative estimate of drug-likeness (QED) is 0.418. The molecule has 32 heavy (non-hydrogen) atoms. The number of carboxylic acids is 1. The van der Waals surface area contributed by atoms with E-state index in [0.29, 0.717) is 53.8 Å². The van der Waals surface area contributed by atoms with Crippen LogP contribution < -0.4 is 16.5 Å². The number of hydrogen-bond acceptors (Lipinski definition) is 6. The average molecular weight is 434 g/mol. The van der Waals surface area contributed by atoms with Gasteiger partial charge in [0.15, 0.2) is 5.43 Å². The summed E-state index contributed by atoms with van der Waals surface area (Å²) in [5.74, 6) is -0.866. The van der Waals surface area contributed by atoms with E-state index in [1.807, 2.05) is 37.3 Å². The molecule has 0 bridgehead atoms. The smallest absolute Gasteiger partial charge is 0.303 e. The first kappa shape index (κ1) is 23.2. The van der Waals surface area contributed by atoms with Gasteiger partial charge in [-0.1, -0.05) is 37.3 Å². The molecule has 0 aliphatic rings. The summed E-state index contributed by atoms with van der Waals surface area (Å²) in [7, 11) is 0. The summed E-state index contributed by atoms with van der Waals surface area (Å²) in [6.07, 6.45) is 0.953. The highest BCUT2D eigenvalue weighted by atomic mass is 16.4. The molecule has 0 radical (unpaired) electrons. The molecule has 0 amide bonds. The molecule has 1 unspecified atom stereocenters. The first-order chi connectivity index (χ1) is 15.4. The minimum absolute atomic E-state index is 0.0922. The maximum atomic E-state index is 13.5. The summed E-state index contributed by atoms with van der Waals surface area (Å²) in [6.45, 7) is 2.85. The van der Waals surface area contributed by atoms with Gasteiger partial charge >= 0.3 is 5.97 Å². The molecule has 1 heterocycles. The number of benzene rings is 2. The fraction of sp³-hybridized carbons (Fsp3) is 0.320. The lowest BCUT2D eigenvalue weighted by molar-refractivity contribution is -0.138. The maximum Gasteiger partial charge on any atom is 0.303 e. The lowest BCUT2D eigenvalue weighted by Gasteiger charge is -2.25. The van der Waals surface area contributed by atoms with Gasteiger partial charge in [-0.2, -0.15) is 5.26 Å². The maximum absolute atomic E-state index is 13.5. The van der Waals surface area contributed by atoms with Crippen molar-refractivity contribution in [3.8, 4) is 6.07 Å². The molecular weight excluding hydrogens is 406 g/mol. The Hall–Kier alpha value is -3.47. The van der Waals surface area contributed by atoms with Crippen LogP contribution in [0.25, 0.3) is 11.0 Å². The Kier molecular flexibility index (Phi) is 7.77. The number of hydrogen-bond donors (Lipinski definition) is 3. The standard InChI is InChI=1S/C25H27N3O4/c1-16(12-22(29)30)23(28-11-5-10-26)25-20(13-17-6-3-2-4-7-17)24(31)19-9-8-18(15-27)14-21(19)32-25/h2-4,6-9,14,16,23,28H,5,10-13,26H2,1H3,(H,29,30)/t16?,23-/m1/s1. The summed E-state index contributed by atoms with van der Waals surface area (Å²) in [5.41, 5.74) is 7.58. The van der Waals surface area contributed by atoms with E-state index in [0.717, 1.165) is 5.56 Å². The van der Waals surface area contributed by atoms with E-state index in [1.165, 1.54) is 0 Å². The Morgan fingerprint density at radius 3 is 2.66 bits per heavy atom. The molecule has 3 rings (SSSR count). The molecule has 3 aromatic rings. The summed E-state index contributed by atoms with van der Waals surface area (Å²) in [6, 6.07) is 15.9. The van der Waals surface area contributed by atoms with Gasteiger partial charge in [-0.05, 0) is 49.2 Å². The summed E-state index contributed by atoms with van der Waals surface area (Å²) >= 11 is 0. The first-order valence-electron chi connectivity index (χ1n) is 10.6. The monoisotopic (exact) mass is 433 g/mol. The minimum Gasteiger partial charge on any atom is -0.481 e. The fourth-order valence-electron chi connectivity index (χ4n) is 3.84. The average Bonchev–Trinajstić information content (AvgIpc) is 2.78. The Morgan fingerprint density at radius 2 is 2.00 bits per heavy atom. The van der Waals surface area contributed by atoms with Gasteiger partial charge in [-0.25, -0.2) is 0 Å².